The molecule has 1 atom stereocenters. The molecule has 1 aliphatic heterocycles. The quantitative estimate of drug-likeness (QED) is 0.463. The first-order chi connectivity index (χ1) is 4.93. The highest BCUT2D eigenvalue weighted by Crippen LogP contribution is 2.15. The maximum Gasteiger partial charge on any atom is 0.0685 e. The van der Waals surface area contributed by atoms with E-state index in [4.69, 9.17) is 9.57 Å². The molecule has 1 rings (SSSR count). The van der Waals surface area contributed by atoms with Gasteiger partial charge in [-0.1, -0.05) is 0 Å². The van der Waals surface area contributed by atoms with E-state index in [0.29, 0.717) is 0 Å². The van der Waals surface area contributed by atoms with Gasteiger partial charge < -0.3 is 9.57 Å². The highest BCUT2D eigenvalue weighted by molar-refractivity contribution is 4.62. The Bertz CT molecular complexity index is 81.7. The average Bonchev–Trinajstić information content (AvgIpc) is 2.41. The number of ether oxygens (including phenoxy) is 1. The summed E-state index contributed by atoms with van der Waals surface area (Å²) in [6, 6.07) is 0. The van der Waals surface area contributed by atoms with E-state index in [1.54, 1.807) is 7.05 Å². The van der Waals surface area contributed by atoms with Gasteiger partial charge in [-0.3, -0.25) is 0 Å². The van der Waals surface area contributed by atoms with E-state index in [9.17, 15) is 0 Å². The van der Waals surface area contributed by atoms with Crippen LogP contribution in [0.3, 0.4) is 0 Å². The molecule has 0 aromatic rings. The maximum absolute atomic E-state index is 5.21. The first-order valence-corrected chi connectivity index (χ1v) is 3.79. The molecule has 1 fully saturated rings. The number of hydroxylamine groups is 1. The lowest BCUT2D eigenvalue weighted by atomic mass is 10.1. The molecule has 1 aliphatic rings. The van der Waals surface area contributed by atoms with Gasteiger partial charge in [0.2, 0.25) is 0 Å². The van der Waals surface area contributed by atoms with Crippen molar-refractivity contribution in [3.05, 3.63) is 0 Å². The van der Waals surface area contributed by atoms with E-state index < -0.39 is 0 Å². The van der Waals surface area contributed by atoms with Crippen molar-refractivity contribution >= 4 is 0 Å². The molecule has 0 aromatic carbocycles. The Labute approximate surface area is 61.7 Å². The van der Waals surface area contributed by atoms with Gasteiger partial charge in [-0.25, -0.2) is 5.48 Å². The normalized spacial score (nSPS) is 25.5. The Morgan fingerprint density at radius 1 is 1.70 bits per heavy atom. The van der Waals surface area contributed by atoms with Crippen LogP contribution in [0.15, 0.2) is 0 Å². The summed E-state index contributed by atoms with van der Waals surface area (Å²) in [6.07, 6.45) is 2.31. The molecule has 0 spiro atoms. The molecule has 0 saturated carbocycles. The SMILES string of the molecule is CNOCCC1CCOC1. The summed E-state index contributed by atoms with van der Waals surface area (Å²) in [5.41, 5.74) is 2.65. The van der Waals surface area contributed by atoms with Gasteiger partial charge in [0.1, 0.15) is 0 Å². The molecule has 3 nitrogen and oxygen atoms in total. The largest absolute Gasteiger partial charge is 0.381 e. The Kier molecular flexibility index (Phi) is 3.72. The lowest BCUT2D eigenvalue weighted by molar-refractivity contribution is 0.0470. The van der Waals surface area contributed by atoms with Gasteiger partial charge in [0, 0.05) is 20.3 Å². The molecule has 60 valence electrons. The second-order valence-electron chi connectivity index (χ2n) is 2.57. The smallest absolute Gasteiger partial charge is 0.0685 e. The van der Waals surface area contributed by atoms with Gasteiger partial charge in [-0.2, -0.15) is 0 Å². The highest BCUT2D eigenvalue weighted by Gasteiger charge is 2.14. The van der Waals surface area contributed by atoms with Crippen LogP contribution in [0.1, 0.15) is 12.8 Å². The van der Waals surface area contributed by atoms with Crippen LogP contribution in [0.2, 0.25) is 0 Å². The number of rotatable bonds is 4. The minimum Gasteiger partial charge on any atom is -0.381 e. The van der Waals surface area contributed by atoms with Gasteiger partial charge >= 0.3 is 0 Å². The van der Waals surface area contributed by atoms with E-state index in [1.807, 2.05) is 0 Å². The lowest BCUT2D eigenvalue weighted by Crippen LogP contribution is -2.12. The molecule has 10 heavy (non-hydrogen) atoms. The first-order valence-electron chi connectivity index (χ1n) is 3.79. The third kappa shape index (κ3) is 2.64. The standard InChI is InChI=1S/C7H15NO2/c1-8-10-5-3-7-2-4-9-6-7/h7-8H,2-6H2,1H3. The average molecular weight is 145 g/mol. The van der Waals surface area contributed by atoms with Crippen LogP contribution in [0.5, 0.6) is 0 Å². The Morgan fingerprint density at radius 2 is 2.60 bits per heavy atom. The van der Waals surface area contributed by atoms with Crippen molar-refractivity contribution < 1.29 is 9.57 Å². The molecule has 1 heterocycles. The molecule has 3 heteroatoms. The first kappa shape index (κ1) is 7.98. The van der Waals surface area contributed by atoms with E-state index in [0.717, 1.165) is 32.2 Å². The Hall–Kier alpha value is -0.120. The Balaban J connectivity index is 1.91. The number of nitrogens with one attached hydrogen (secondary N) is 1. The summed E-state index contributed by atoms with van der Waals surface area (Å²) in [4.78, 5) is 4.99. The fourth-order valence-corrected chi connectivity index (χ4v) is 1.14. The molecule has 0 amide bonds. The minimum absolute atomic E-state index is 0.730. The summed E-state index contributed by atoms with van der Waals surface area (Å²) in [5.74, 6) is 0.730. The van der Waals surface area contributed by atoms with Crippen molar-refractivity contribution in [2.24, 2.45) is 5.92 Å². The molecule has 1 unspecified atom stereocenters. The molecular formula is C7H15NO2. The van der Waals surface area contributed by atoms with Gasteiger partial charge in [-0.05, 0) is 18.8 Å². The van der Waals surface area contributed by atoms with Crippen LogP contribution in [0.25, 0.3) is 0 Å². The molecule has 0 aliphatic carbocycles. The van der Waals surface area contributed by atoms with Crippen LogP contribution in [0.4, 0.5) is 0 Å². The van der Waals surface area contributed by atoms with E-state index in [1.165, 1.54) is 6.42 Å². The highest BCUT2D eigenvalue weighted by atomic mass is 16.6. The zero-order chi connectivity index (χ0) is 7.23. The van der Waals surface area contributed by atoms with Crippen LogP contribution in [-0.2, 0) is 9.57 Å². The summed E-state index contributed by atoms with van der Waals surface area (Å²) in [7, 11) is 1.78. The van der Waals surface area contributed by atoms with E-state index in [-0.39, 0.29) is 0 Å². The second-order valence-corrected chi connectivity index (χ2v) is 2.57. The fourth-order valence-electron chi connectivity index (χ4n) is 1.14. The molecule has 1 saturated heterocycles. The summed E-state index contributed by atoms with van der Waals surface area (Å²) in [6.45, 7) is 2.65. The second kappa shape index (κ2) is 4.66. The zero-order valence-electron chi connectivity index (χ0n) is 6.43. The zero-order valence-corrected chi connectivity index (χ0v) is 6.43. The van der Waals surface area contributed by atoms with Crippen LogP contribution < -0.4 is 5.48 Å². The topological polar surface area (TPSA) is 30.5 Å². The maximum atomic E-state index is 5.21. The monoisotopic (exact) mass is 145 g/mol. The third-order valence-corrected chi connectivity index (χ3v) is 1.80. The fraction of sp³-hybridized carbons (Fsp3) is 1.00. The van der Waals surface area contributed by atoms with Gasteiger partial charge in [0.25, 0.3) is 0 Å². The molecular weight excluding hydrogens is 130 g/mol. The molecule has 0 aromatic heterocycles. The van der Waals surface area contributed by atoms with Crippen LogP contribution in [0, 0.1) is 5.92 Å². The lowest BCUT2D eigenvalue weighted by Gasteiger charge is -2.05. The molecule has 1 N–H and O–H groups in total. The number of hydrogen-bond donors (Lipinski definition) is 1. The van der Waals surface area contributed by atoms with Crippen molar-refractivity contribution in [1.82, 2.24) is 5.48 Å². The van der Waals surface area contributed by atoms with Crippen molar-refractivity contribution in [2.45, 2.75) is 12.8 Å². The van der Waals surface area contributed by atoms with Gasteiger partial charge in [0.05, 0.1) is 6.61 Å². The Morgan fingerprint density at radius 3 is 3.20 bits per heavy atom. The van der Waals surface area contributed by atoms with Crippen molar-refractivity contribution in [3.63, 3.8) is 0 Å². The summed E-state index contributed by atoms with van der Waals surface area (Å²) < 4.78 is 5.21. The van der Waals surface area contributed by atoms with Crippen molar-refractivity contribution in [1.29, 1.82) is 0 Å². The van der Waals surface area contributed by atoms with Crippen molar-refractivity contribution in [3.8, 4) is 0 Å². The molecule has 0 radical (unpaired) electrons. The summed E-state index contributed by atoms with van der Waals surface area (Å²) in [5, 5.41) is 0. The van der Waals surface area contributed by atoms with E-state index >= 15 is 0 Å². The minimum atomic E-state index is 0.730. The summed E-state index contributed by atoms with van der Waals surface area (Å²) >= 11 is 0. The van der Waals surface area contributed by atoms with E-state index in [2.05, 4.69) is 5.48 Å². The third-order valence-electron chi connectivity index (χ3n) is 1.80. The van der Waals surface area contributed by atoms with Crippen LogP contribution in [-0.4, -0.2) is 26.9 Å². The predicted octanol–water partition coefficient (Wildman–Crippen LogP) is 0.564. The van der Waals surface area contributed by atoms with Gasteiger partial charge in [0.15, 0.2) is 0 Å². The van der Waals surface area contributed by atoms with Crippen molar-refractivity contribution in [2.75, 3.05) is 26.9 Å². The number of hydrogen-bond acceptors (Lipinski definition) is 3. The van der Waals surface area contributed by atoms with Gasteiger partial charge in [-0.15, -0.1) is 0 Å². The predicted molar refractivity (Wildman–Crippen MR) is 38.6 cm³/mol. The van der Waals surface area contributed by atoms with Crippen LogP contribution >= 0.6 is 0 Å². The molecule has 0 bridgehead atoms.